The molecule has 16 nitrogen and oxygen atoms in total. The number of carboxylic acid groups (broad SMARTS) is 1. The van der Waals surface area contributed by atoms with Gasteiger partial charge in [-0.1, -0.05) is 64.4 Å². The van der Waals surface area contributed by atoms with Gasteiger partial charge in [-0.15, -0.1) is 0 Å². The van der Waals surface area contributed by atoms with E-state index in [9.17, 15) is 29.1 Å². The number of carboxylic acids is 1. The van der Waals surface area contributed by atoms with Crippen molar-refractivity contribution in [2.24, 2.45) is 28.3 Å². The van der Waals surface area contributed by atoms with E-state index in [4.69, 9.17) is 15.9 Å². The van der Waals surface area contributed by atoms with E-state index in [2.05, 4.69) is 31.2 Å². The topological polar surface area (TPSA) is 249 Å². The van der Waals surface area contributed by atoms with E-state index in [-0.39, 0.29) is 49.4 Å². The summed E-state index contributed by atoms with van der Waals surface area (Å²) in [5.41, 5.74) is 11.6. The molecule has 0 bridgehead atoms. The molecule has 0 saturated carbocycles. The quantitative estimate of drug-likeness (QED) is 0.0475. The monoisotopic (exact) mass is 721 g/mol. The zero-order valence-corrected chi connectivity index (χ0v) is 30.1. The van der Waals surface area contributed by atoms with Crippen molar-refractivity contribution in [1.82, 2.24) is 30.8 Å². The molecule has 0 aliphatic rings. The molecule has 0 saturated heterocycles. The Bertz CT molecular complexity index is 1640. The maximum atomic E-state index is 13.8. The van der Waals surface area contributed by atoms with Crippen LogP contribution in [0.25, 0.3) is 0 Å². The number of guanidine groups is 1. The van der Waals surface area contributed by atoms with Crippen LogP contribution in [-0.4, -0.2) is 80.9 Å². The third-order valence-corrected chi connectivity index (χ3v) is 8.38. The summed E-state index contributed by atoms with van der Waals surface area (Å²) in [6.45, 7) is 7.91. The predicted molar refractivity (Wildman–Crippen MR) is 194 cm³/mol. The molecule has 2 aromatic heterocycles. The van der Waals surface area contributed by atoms with E-state index in [0.29, 0.717) is 25.1 Å². The Morgan fingerprint density at radius 2 is 1.60 bits per heavy atom. The first-order valence-electron chi connectivity index (χ1n) is 17.4. The summed E-state index contributed by atoms with van der Waals surface area (Å²) in [4.78, 5) is 74.4. The van der Waals surface area contributed by atoms with Crippen molar-refractivity contribution < 1.29 is 33.5 Å². The fourth-order valence-corrected chi connectivity index (χ4v) is 5.39. The largest absolute Gasteiger partial charge is 0.480 e. The summed E-state index contributed by atoms with van der Waals surface area (Å²) in [6, 6.07) is 7.52. The number of hydrogen-bond donors (Lipinski definition) is 7. The Balaban J connectivity index is 1.77. The Morgan fingerprint density at radius 1 is 0.904 bits per heavy atom. The molecule has 0 fully saturated rings. The smallest absolute Gasteiger partial charge is 0.326 e. The maximum absolute atomic E-state index is 13.8. The Kier molecular flexibility index (Phi) is 15.9. The molecular weight excluding hydrogens is 670 g/mol. The van der Waals surface area contributed by atoms with Gasteiger partial charge in [0.25, 0.3) is 5.91 Å². The van der Waals surface area contributed by atoms with Gasteiger partial charge in [-0.25, -0.2) is 9.78 Å². The summed E-state index contributed by atoms with van der Waals surface area (Å²) >= 11 is 0. The third-order valence-electron chi connectivity index (χ3n) is 8.38. The normalized spacial score (nSPS) is 13.9. The van der Waals surface area contributed by atoms with E-state index < -0.39 is 53.8 Å². The first-order chi connectivity index (χ1) is 24.8. The van der Waals surface area contributed by atoms with E-state index in [0.717, 1.165) is 5.56 Å². The van der Waals surface area contributed by atoms with Crippen molar-refractivity contribution >= 4 is 35.6 Å². The molecule has 282 valence electrons. The molecule has 0 unspecified atom stereocenters. The molecule has 2 heterocycles. The average Bonchev–Trinajstić information content (AvgIpc) is 3.80. The molecular formula is C36H51N9O7. The fourth-order valence-electron chi connectivity index (χ4n) is 5.39. The lowest BCUT2D eigenvalue weighted by Crippen LogP contribution is -2.59. The lowest BCUT2D eigenvalue weighted by Gasteiger charge is -2.29. The standard InChI is InChI=1S/C36H51N9O7/c1-5-23(4)30(34(49)43-28(35(50)51)19-24-10-7-6-8-11-24)44-32(47)27(18-22(2)3)42-31(46)26(12-9-15-40-36(37)38)41-33(48)29-14-13-25(52-29)20-45-17-16-39-21-45/h6-8,10-11,13-14,16-17,21-23,26-28,30H,5,9,12,15,18-20H2,1-4H3,(H,41,48)(H,42,46)(H,43,49)(H,44,47)(H,50,51)(H4,37,38,40)/t23-,26-,27-,28-,30-/m0/s1. The van der Waals surface area contributed by atoms with Crippen molar-refractivity contribution in [3.8, 4) is 0 Å². The van der Waals surface area contributed by atoms with Crippen LogP contribution in [0.5, 0.6) is 0 Å². The number of aliphatic imine (C=N–C) groups is 1. The van der Waals surface area contributed by atoms with Crippen molar-refractivity contribution in [2.45, 2.75) is 90.5 Å². The van der Waals surface area contributed by atoms with Crippen LogP contribution in [-0.2, 0) is 32.1 Å². The summed E-state index contributed by atoms with van der Waals surface area (Å²) in [6.07, 6.45) is 6.19. The number of nitrogens with zero attached hydrogens (tertiary/aromatic N) is 3. The molecule has 9 N–H and O–H groups in total. The van der Waals surface area contributed by atoms with E-state index in [1.165, 1.54) is 6.07 Å². The number of nitrogens with two attached hydrogens (primary N) is 2. The van der Waals surface area contributed by atoms with Crippen LogP contribution in [0, 0.1) is 11.8 Å². The lowest BCUT2D eigenvalue weighted by atomic mass is 9.96. The van der Waals surface area contributed by atoms with Crippen LogP contribution in [0.4, 0.5) is 0 Å². The molecule has 0 spiro atoms. The highest BCUT2D eigenvalue weighted by Gasteiger charge is 2.34. The van der Waals surface area contributed by atoms with E-state index in [1.54, 1.807) is 66.6 Å². The number of imidazole rings is 1. The highest BCUT2D eigenvalue weighted by Crippen LogP contribution is 2.14. The third kappa shape index (κ3) is 13.2. The van der Waals surface area contributed by atoms with Gasteiger partial charge < -0.3 is 46.8 Å². The van der Waals surface area contributed by atoms with Gasteiger partial charge >= 0.3 is 5.97 Å². The van der Waals surface area contributed by atoms with Crippen molar-refractivity contribution in [3.05, 3.63) is 78.3 Å². The Morgan fingerprint density at radius 3 is 2.21 bits per heavy atom. The highest BCUT2D eigenvalue weighted by molar-refractivity contribution is 5.97. The molecule has 4 amide bonds. The van der Waals surface area contributed by atoms with Gasteiger partial charge in [-0.05, 0) is 48.8 Å². The number of benzene rings is 1. The van der Waals surface area contributed by atoms with Gasteiger partial charge in [0.05, 0.1) is 12.9 Å². The van der Waals surface area contributed by atoms with Crippen molar-refractivity contribution in [3.63, 3.8) is 0 Å². The predicted octanol–water partition coefficient (Wildman–Crippen LogP) is 1.55. The minimum atomic E-state index is -1.23. The van der Waals surface area contributed by atoms with Gasteiger partial charge in [0.2, 0.25) is 17.7 Å². The minimum Gasteiger partial charge on any atom is -0.480 e. The number of furan rings is 1. The summed E-state index contributed by atoms with van der Waals surface area (Å²) in [5.74, 6) is -3.83. The van der Waals surface area contributed by atoms with Gasteiger partial charge in [0.15, 0.2) is 11.7 Å². The number of rotatable bonds is 21. The lowest BCUT2D eigenvalue weighted by molar-refractivity contribution is -0.142. The SMILES string of the molecule is CC[C@H](C)[C@H](NC(=O)[C@H](CC(C)C)NC(=O)[C@H](CCCN=C(N)N)NC(=O)c1ccc(Cn2ccnc2)o1)C(=O)N[C@@H](Cc1ccccc1)C(=O)O. The van der Waals surface area contributed by atoms with E-state index in [1.807, 2.05) is 20.8 Å². The summed E-state index contributed by atoms with van der Waals surface area (Å²) in [5, 5.41) is 20.7. The van der Waals surface area contributed by atoms with Crippen LogP contribution >= 0.6 is 0 Å². The molecule has 3 rings (SSSR count). The first kappa shape index (κ1) is 40.8. The zero-order chi connectivity index (χ0) is 38.2. The van der Waals surface area contributed by atoms with E-state index >= 15 is 0 Å². The Labute approximate surface area is 303 Å². The molecule has 0 radical (unpaired) electrons. The molecule has 52 heavy (non-hydrogen) atoms. The number of aromatic nitrogens is 2. The van der Waals surface area contributed by atoms with Gasteiger partial charge in [-0.2, -0.15) is 0 Å². The number of carbonyl (C=O) groups excluding carboxylic acids is 4. The summed E-state index contributed by atoms with van der Waals surface area (Å²) in [7, 11) is 0. The van der Waals surface area contributed by atoms with Gasteiger partial charge in [-0.3, -0.25) is 24.2 Å². The second-order valence-electron chi connectivity index (χ2n) is 13.1. The fraction of sp³-hybridized carbons (Fsp3) is 0.472. The zero-order valence-electron chi connectivity index (χ0n) is 30.1. The van der Waals surface area contributed by atoms with Crippen LogP contribution in [0.3, 0.4) is 0 Å². The van der Waals surface area contributed by atoms with Crippen LogP contribution in [0.1, 0.15) is 75.3 Å². The molecule has 0 aliphatic carbocycles. The van der Waals surface area contributed by atoms with Crippen LogP contribution in [0.2, 0.25) is 0 Å². The minimum absolute atomic E-state index is 0.0112. The molecule has 1 aromatic carbocycles. The molecule has 3 aromatic rings. The molecule has 0 aliphatic heterocycles. The maximum Gasteiger partial charge on any atom is 0.326 e. The number of amides is 4. The number of nitrogens with one attached hydrogen (secondary N) is 4. The molecule has 16 heteroatoms. The highest BCUT2D eigenvalue weighted by atomic mass is 16.4. The van der Waals surface area contributed by atoms with Crippen molar-refractivity contribution in [2.75, 3.05) is 6.54 Å². The number of aliphatic carboxylic acids is 1. The average molecular weight is 722 g/mol. The number of carbonyl (C=O) groups is 5. The first-order valence-corrected chi connectivity index (χ1v) is 17.4. The van der Waals surface area contributed by atoms with Gasteiger partial charge in [0.1, 0.15) is 29.9 Å². The Hall–Kier alpha value is -5.67. The second-order valence-corrected chi connectivity index (χ2v) is 13.1. The second kappa shape index (κ2) is 20.2. The molecule has 5 atom stereocenters. The number of hydrogen-bond acceptors (Lipinski definition) is 8. The van der Waals surface area contributed by atoms with Crippen LogP contribution in [0.15, 0.2) is 70.6 Å². The van der Waals surface area contributed by atoms with Crippen molar-refractivity contribution in [1.29, 1.82) is 0 Å². The van der Waals surface area contributed by atoms with Gasteiger partial charge in [0, 0.05) is 25.4 Å². The van der Waals surface area contributed by atoms with Crippen LogP contribution < -0.4 is 32.7 Å². The summed E-state index contributed by atoms with van der Waals surface area (Å²) < 4.78 is 7.49.